The van der Waals surface area contributed by atoms with E-state index in [9.17, 15) is 8.42 Å². The molecule has 0 saturated heterocycles. The fraction of sp³-hybridized carbons (Fsp3) is 0.429. The summed E-state index contributed by atoms with van der Waals surface area (Å²) < 4.78 is 29.1. The minimum atomic E-state index is -3.60. The largest absolute Gasteiger partial charge is 0.364 e. The molecule has 3 N–H and O–H groups in total. The lowest BCUT2D eigenvalue weighted by Gasteiger charge is -2.19. The molecule has 3 aromatic rings. The van der Waals surface area contributed by atoms with Crippen LogP contribution in [-0.2, 0) is 10.2 Å². The third kappa shape index (κ3) is 4.76. The quantitative estimate of drug-likeness (QED) is 0.428. The average molecular weight is 461 g/mol. The maximum absolute atomic E-state index is 12.5. The number of benzene rings is 1. The number of aryl methyl sites for hydroxylation is 1. The predicted octanol–water partition coefficient (Wildman–Crippen LogP) is 4.71. The molecule has 4 rings (SSSR count). The number of rotatable bonds is 9. The SMILES string of the molecule is CCN(CC)S(=O)(=O)Nc1cccc(Nc2nc(NC3(C)CC3)c3c(C)csc3n2)c1. The first-order valence-electron chi connectivity index (χ1n) is 10.4. The minimum Gasteiger partial charge on any atom is -0.364 e. The zero-order valence-electron chi connectivity index (χ0n) is 18.2. The highest BCUT2D eigenvalue weighted by molar-refractivity contribution is 7.90. The van der Waals surface area contributed by atoms with Gasteiger partial charge in [-0.2, -0.15) is 17.7 Å². The Balaban J connectivity index is 1.60. The van der Waals surface area contributed by atoms with Crippen molar-refractivity contribution in [1.82, 2.24) is 14.3 Å². The first-order valence-corrected chi connectivity index (χ1v) is 12.7. The van der Waals surface area contributed by atoms with E-state index in [-0.39, 0.29) is 5.54 Å². The maximum atomic E-state index is 12.5. The molecule has 0 atom stereocenters. The topological polar surface area (TPSA) is 99.3 Å². The van der Waals surface area contributed by atoms with E-state index in [1.807, 2.05) is 19.9 Å². The number of thiophene rings is 1. The zero-order valence-corrected chi connectivity index (χ0v) is 19.8. The number of nitrogens with one attached hydrogen (secondary N) is 3. The van der Waals surface area contributed by atoms with Crippen LogP contribution in [0.2, 0.25) is 0 Å². The molecule has 8 nitrogen and oxygen atoms in total. The van der Waals surface area contributed by atoms with E-state index in [0.717, 1.165) is 34.4 Å². The van der Waals surface area contributed by atoms with Gasteiger partial charge in [-0.25, -0.2) is 4.98 Å². The number of aromatic nitrogens is 2. The van der Waals surface area contributed by atoms with Crippen molar-refractivity contribution >= 4 is 54.9 Å². The Morgan fingerprint density at radius 3 is 2.55 bits per heavy atom. The highest BCUT2D eigenvalue weighted by Crippen LogP contribution is 2.41. The molecule has 0 radical (unpaired) electrons. The first-order chi connectivity index (χ1) is 14.7. The Kier molecular flexibility index (Phi) is 5.80. The highest BCUT2D eigenvalue weighted by atomic mass is 32.2. The fourth-order valence-corrected chi connectivity index (χ4v) is 5.55. The molecular formula is C21H28N6O2S2. The van der Waals surface area contributed by atoms with Crippen LogP contribution in [0.5, 0.6) is 0 Å². The van der Waals surface area contributed by atoms with Gasteiger partial charge in [0.15, 0.2) is 0 Å². The standard InChI is InChI=1S/C21H28N6O2S2/c1-5-27(6-2)31(28,29)26-16-9-7-8-15(12-16)22-20-23-18(25-21(4)10-11-21)17-14(3)13-30-19(17)24-20/h7-9,12-13,26H,5-6,10-11H2,1-4H3,(H2,22,23,24,25). The molecule has 1 fully saturated rings. The van der Waals surface area contributed by atoms with Gasteiger partial charge in [0.1, 0.15) is 10.6 Å². The van der Waals surface area contributed by atoms with Gasteiger partial charge in [-0.05, 0) is 55.8 Å². The van der Waals surface area contributed by atoms with Gasteiger partial charge in [-0.3, -0.25) is 4.72 Å². The van der Waals surface area contributed by atoms with Crippen LogP contribution in [0.1, 0.15) is 39.2 Å². The Hall–Kier alpha value is -2.43. The summed E-state index contributed by atoms with van der Waals surface area (Å²) in [4.78, 5) is 10.3. The third-order valence-electron chi connectivity index (χ3n) is 5.45. The molecule has 166 valence electrons. The summed E-state index contributed by atoms with van der Waals surface area (Å²) in [6.07, 6.45) is 2.25. The van der Waals surface area contributed by atoms with Crippen molar-refractivity contribution in [2.24, 2.45) is 0 Å². The van der Waals surface area contributed by atoms with E-state index in [1.54, 1.807) is 29.5 Å². The van der Waals surface area contributed by atoms with Gasteiger partial charge >= 0.3 is 10.2 Å². The van der Waals surface area contributed by atoms with Gasteiger partial charge in [0, 0.05) is 24.3 Å². The zero-order chi connectivity index (χ0) is 22.2. The summed E-state index contributed by atoms with van der Waals surface area (Å²) >= 11 is 1.59. The molecule has 0 bridgehead atoms. The van der Waals surface area contributed by atoms with Crippen molar-refractivity contribution in [2.75, 3.05) is 28.4 Å². The molecule has 0 unspecified atom stereocenters. The van der Waals surface area contributed by atoms with Crippen molar-refractivity contribution in [1.29, 1.82) is 0 Å². The normalized spacial score (nSPS) is 15.3. The maximum Gasteiger partial charge on any atom is 0.301 e. The number of anilines is 4. The summed E-state index contributed by atoms with van der Waals surface area (Å²) in [6, 6.07) is 7.11. The molecule has 2 heterocycles. The lowest BCUT2D eigenvalue weighted by Crippen LogP contribution is -2.35. The Bertz CT molecular complexity index is 1200. The average Bonchev–Trinajstić information content (AvgIpc) is 3.30. The van der Waals surface area contributed by atoms with Crippen LogP contribution in [0.15, 0.2) is 29.6 Å². The van der Waals surface area contributed by atoms with Gasteiger partial charge in [0.05, 0.1) is 11.1 Å². The van der Waals surface area contributed by atoms with Crippen LogP contribution >= 0.6 is 11.3 Å². The second-order valence-electron chi connectivity index (χ2n) is 8.08. The minimum absolute atomic E-state index is 0.0928. The molecule has 1 aromatic carbocycles. The van der Waals surface area contributed by atoms with Crippen LogP contribution in [0.25, 0.3) is 10.2 Å². The molecule has 31 heavy (non-hydrogen) atoms. The third-order valence-corrected chi connectivity index (χ3v) is 8.13. The van der Waals surface area contributed by atoms with Gasteiger partial charge in [0.2, 0.25) is 5.95 Å². The Morgan fingerprint density at radius 2 is 1.87 bits per heavy atom. The summed E-state index contributed by atoms with van der Waals surface area (Å²) in [6.45, 7) is 8.71. The van der Waals surface area contributed by atoms with E-state index >= 15 is 0 Å². The molecule has 0 spiro atoms. The molecule has 1 saturated carbocycles. The van der Waals surface area contributed by atoms with Crippen LogP contribution in [0.3, 0.4) is 0 Å². The molecule has 2 aromatic heterocycles. The predicted molar refractivity (Wildman–Crippen MR) is 129 cm³/mol. The van der Waals surface area contributed by atoms with Gasteiger partial charge < -0.3 is 10.6 Å². The van der Waals surface area contributed by atoms with Crippen LogP contribution in [0.4, 0.5) is 23.1 Å². The molecular weight excluding hydrogens is 432 g/mol. The van der Waals surface area contributed by atoms with E-state index in [1.165, 1.54) is 4.31 Å². The summed E-state index contributed by atoms with van der Waals surface area (Å²) in [5.74, 6) is 1.31. The van der Waals surface area contributed by atoms with Crippen molar-refractivity contribution in [2.45, 2.75) is 46.1 Å². The Morgan fingerprint density at radius 1 is 1.16 bits per heavy atom. The summed E-state index contributed by atoms with van der Waals surface area (Å²) in [5.41, 5.74) is 2.44. The fourth-order valence-electron chi connectivity index (χ4n) is 3.40. The van der Waals surface area contributed by atoms with Gasteiger partial charge in [-0.1, -0.05) is 19.9 Å². The van der Waals surface area contributed by atoms with Crippen molar-refractivity contribution in [3.63, 3.8) is 0 Å². The van der Waals surface area contributed by atoms with Crippen LogP contribution < -0.4 is 15.4 Å². The number of hydrogen-bond donors (Lipinski definition) is 3. The second-order valence-corrected chi connectivity index (χ2v) is 10.6. The lowest BCUT2D eigenvalue weighted by atomic mass is 10.2. The number of nitrogens with zero attached hydrogens (tertiary/aromatic N) is 3. The monoisotopic (exact) mass is 460 g/mol. The molecule has 1 aliphatic carbocycles. The highest BCUT2D eigenvalue weighted by Gasteiger charge is 2.38. The summed E-state index contributed by atoms with van der Waals surface area (Å²) in [5, 5.41) is 9.95. The van der Waals surface area contributed by atoms with Gasteiger partial charge in [-0.15, -0.1) is 11.3 Å². The number of fused-ring (bicyclic) bond motifs is 1. The molecule has 1 aliphatic rings. The van der Waals surface area contributed by atoms with E-state index in [2.05, 4.69) is 39.6 Å². The van der Waals surface area contributed by atoms with E-state index < -0.39 is 10.2 Å². The van der Waals surface area contributed by atoms with Crippen molar-refractivity contribution in [3.05, 3.63) is 35.2 Å². The second kappa shape index (κ2) is 8.25. The molecule has 10 heteroatoms. The van der Waals surface area contributed by atoms with Crippen molar-refractivity contribution < 1.29 is 8.42 Å². The smallest absolute Gasteiger partial charge is 0.301 e. The summed E-state index contributed by atoms with van der Waals surface area (Å²) in [7, 11) is -3.60. The lowest BCUT2D eigenvalue weighted by molar-refractivity contribution is 0.449. The van der Waals surface area contributed by atoms with Gasteiger partial charge in [0.25, 0.3) is 0 Å². The first kappa shape index (κ1) is 21.8. The number of hydrogen-bond acceptors (Lipinski definition) is 7. The van der Waals surface area contributed by atoms with E-state index in [4.69, 9.17) is 4.98 Å². The van der Waals surface area contributed by atoms with Crippen LogP contribution in [0, 0.1) is 6.92 Å². The Labute approximate surface area is 187 Å². The van der Waals surface area contributed by atoms with Crippen LogP contribution in [-0.4, -0.2) is 41.3 Å². The molecule has 0 amide bonds. The molecule has 0 aliphatic heterocycles. The van der Waals surface area contributed by atoms with E-state index in [0.29, 0.717) is 30.4 Å². The van der Waals surface area contributed by atoms with Crippen molar-refractivity contribution in [3.8, 4) is 0 Å².